The molecule has 0 radical (unpaired) electrons. The van der Waals surface area contributed by atoms with Crippen LogP contribution in [-0.2, 0) is 11.2 Å². The first-order valence-corrected chi connectivity index (χ1v) is 12.2. The number of nitrogens with zero attached hydrogens (tertiary/aromatic N) is 6. The van der Waals surface area contributed by atoms with Crippen molar-refractivity contribution in [2.45, 2.75) is 32.2 Å². The fourth-order valence-electron chi connectivity index (χ4n) is 5.85. The van der Waals surface area contributed by atoms with Gasteiger partial charge in [0.2, 0.25) is 5.91 Å². The number of nitriles is 1. The first kappa shape index (κ1) is 22.5. The molecule has 9 heteroatoms. The fraction of sp³-hybridized carbons (Fsp3) is 0.296. The lowest BCUT2D eigenvalue weighted by Crippen LogP contribution is -2.63. The van der Waals surface area contributed by atoms with Gasteiger partial charge in [-0.25, -0.2) is 0 Å². The maximum atomic E-state index is 11.9. The molecular formula is C27H24ClN7O. The number of pyridine rings is 1. The Bertz CT molecular complexity index is 1550. The van der Waals surface area contributed by atoms with Crippen LogP contribution in [0.15, 0.2) is 49.4 Å². The average molecular weight is 498 g/mol. The molecule has 0 atom stereocenters. The minimum atomic E-state index is -0.0206. The number of likely N-dealkylation sites (tertiary alicyclic amines) is 1. The van der Waals surface area contributed by atoms with Crippen molar-refractivity contribution in [3.8, 4) is 28.5 Å². The number of H-pyrrole nitrogens is 1. The molecule has 6 rings (SSSR count). The fourth-order valence-corrected chi connectivity index (χ4v) is 6.10. The number of amides is 1. The highest BCUT2D eigenvalue weighted by atomic mass is 35.5. The Kier molecular flexibility index (Phi) is 5.20. The number of aromatic nitrogens is 5. The molecule has 1 N–H and O–H groups in total. The summed E-state index contributed by atoms with van der Waals surface area (Å²) in [4.78, 5) is 18.1. The Hall–Kier alpha value is -3.96. The third-order valence-electron chi connectivity index (χ3n) is 7.53. The van der Waals surface area contributed by atoms with Crippen molar-refractivity contribution in [2.75, 3.05) is 13.1 Å². The van der Waals surface area contributed by atoms with Gasteiger partial charge < -0.3 is 4.90 Å². The summed E-state index contributed by atoms with van der Waals surface area (Å²) >= 11 is 6.95. The molecule has 180 valence electrons. The normalized spacial score (nSPS) is 16.5. The number of benzene rings is 1. The molecule has 1 aliphatic heterocycles. The molecule has 36 heavy (non-hydrogen) atoms. The van der Waals surface area contributed by atoms with Crippen molar-refractivity contribution in [1.29, 1.82) is 5.26 Å². The van der Waals surface area contributed by atoms with Gasteiger partial charge in [-0.05, 0) is 49.6 Å². The Morgan fingerprint density at radius 1 is 1.36 bits per heavy atom. The second kappa shape index (κ2) is 8.32. The first-order valence-electron chi connectivity index (χ1n) is 11.9. The largest absolute Gasteiger partial charge is 0.338 e. The van der Waals surface area contributed by atoms with Gasteiger partial charge in [-0.15, -0.1) is 0 Å². The van der Waals surface area contributed by atoms with Crippen LogP contribution in [0.3, 0.4) is 0 Å². The van der Waals surface area contributed by atoms with E-state index in [1.54, 1.807) is 18.6 Å². The highest BCUT2D eigenvalue weighted by molar-refractivity contribution is 6.36. The van der Waals surface area contributed by atoms with Crippen molar-refractivity contribution < 1.29 is 4.79 Å². The van der Waals surface area contributed by atoms with Crippen LogP contribution < -0.4 is 0 Å². The summed E-state index contributed by atoms with van der Waals surface area (Å²) in [5.74, 6) is -0.0206. The van der Waals surface area contributed by atoms with Gasteiger partial charge in [0.15, 0.2) is 0 Å². The predicted octanol–water partition coefficient (Wildman–Crippen LogP) is 4.87. The molecule has 0 bridgehead atoms. The van der Waals surface area contributed by atoms with Crippen molar-refractivity contribution in [2.24, 2.45) is 5.41 Å². The molecule has 4 aromatic rings. The number of nitrogens with one attached hydrogen (secondary N) is 1. The Morgan fingerprint density at radius 2 is 2.17 bits per heavy atom. The number of carbonyl (C=O) groups is 1. The van der Waals surface area contributed by atoms with Crippen LogP contribution in [0.2, 0.25) is 5.02 Å². The molecule has 1 saturated heterocycles. The quantitative estimate of drug-likeness (QED) is 0.396. The van der Waals surface area contributed by atoms with Crippen LogP contribution in [0.4, 0.5) is 0 Å². The third-order valence-corrected chi connectivity index (χ3v) is 8.01. The highest BCUT2D eigenvalue weighted by Gasteiger charge is 2.54. The maximum absolute atomic E-state index is 11.9. The molecule has 1 spiro atoms. The second-order valence-electron chi connectivity index (χ2n) is 9.87. The zero-order chi connectivity index (χ0) is 25.0. The van der Waals surface area contributed by atoms with Gasteiger partial charge in [-0.3, -0.25) is 19.6 Å². The molecule has 2 aliphatic rings. The lowest BCUT2D eigenvalue weighted by atomic mass is 9.60. The van der Waals surface area contributed by atoms with E-state index in [4.69, 9.17) is 16.7 Å². The van der Waals surface area contributed by atoms with E-state index >= 15 is 0 Å². The van der Waals surface area contributed by atoms with E-state index in [2.05, 4.69) is 27.8 Å². The Balaban J connectivity index is 1.49. The van der Waals surface area contributed by atoms with Crippen molar-refractivity contribution in [3.05, 3.63) is 65.7 Å². The Morgan fingerprint density at radius 3 is 2.86 bits per heavy atom. The van der Waals surface area contributed by atoms with E-state index in [9.17, 15) is 10.1 Å². The van der Waals surface area contributed by atoms with Crippen LogP contribution >= 0.6 is 11.6 Å². The van der Waals surface area contributed by atoms with Gasteiger partial charge in [-0.2, -0.15) is 15.5 Å². The first-order chi connectivity index (χ1) is 17.4. The molecule has 0 unspecified atom stereocenters. The minimum absolute atomic E-state index is 0.0206. The zero-order valence-corrected chi connectivity index (χ0v) is 20.6. The summed E-state index contributed by atoms with van der Waals surface area (Å²) in [6.07, 6.45) is 8.66. The number of aromatic amines is 1. The highest BCUT2D eigenvalue weighted by Crippen LogP contribution is 2.55. The van der Waals surface area contributed by atoms with Crippen LogP contribution in [0.1, 0.15) is 30.1 Å². The van der Waals surface area contributed by atoms with Crippen molar-refractivity contribution in [3.63, 3.8) is 0 Å². The van der Waals surface area contributed by atoms with E-state index in [1.807, 2.05) is 34.7 Å². The zero-order valence-electron chi connectivity index (χ0n) is 19.8. The van der Waals surface area contributed by atoms with Crippen molar-refractivity contribution >= 4 is 28.4 Å². The van der Waals surface area contributed by atoms with E-state index in [-0.39, 0.29) is 23.8 Å². The predicted molar refractivity (Wildman–Crippen MR) is 137 cm³/mol. The van der Waals surface area contributed by atoms with Crippen LogP contribution in [0.5, 0.6) is 0 Å². The third kappa shape index (κ3) is 3.34. The van der Waals surface area contributed by atoms with Gasteiger partial charge in [0.25, 0.3) is 0 Å². The monoisotopic (exact) mass is 497 g/mol. The second-order valence-corrected chi connectivity index (χ2v) is 10.2. The maximum Gasteiger partial charge on any atom is 0.245 e. The van der Waals surface area contributed by atoms with Gasteiger partial charge >= 0.3 is 0 Å². The molecule has 2 fully saturated rings. The average Bonchev–Trinajstić information content (AvgIpc) is 3.44. The van der Waals surface area contributed by atoms with Crippen LogP contribution in [-0.4, -0.2) is 48.9 Å². The Labute approximate surface area is 213 Å². The summed E-state index contributed by atoms with van der Waals surface area (Å²) in [6.45, 7) is 7.04. The number of hydrogen-bond donors (Lipinski definition) is 1. The van der Waals surface area contributed by atoms with E-state index in [0.29, 0.717) is 5.02 Å². The van der Waals surface area contributed by atoms with Gasteiger partial charge in [0.05, 0.1) is 41.0 Å². The van der Waals surface area contributed by atoms with Gasteiger partial charge in [-0.1, -0.05) is 18.2 Å². The molecule has 1 aromatic carbocycles. The molecule has 1 amide bonds. The number of carbonyl (C=O) groups excluding carboxylic acids is 1. The summed E-state index contributed by atoms with van der Waals surface area (Å²) < 4.78 is 2.02. The smallest absolute Gasteiger partial charge is 0.245 e. The topological polar surface area (TPSA) is 103 Å². The summed E-state index contributed by atoms with van der Waals surface area (Å²) in [7, 11) is 0. The summed E-state index contributed by atoms with van der Waals surface area (Å²) in [5, 5.41) is 23.7. The summed E-state index contributed by atoms with van der Waals surface area (Å²) in [6, 6.07) is 8.33. The number of hydrogen-bond acceptors (Lipinski definition) is 5. The van der Waals surface area contributed by atoms with Gasteiger partial charge in [0, 0.05) is 53.0 Å². The molecule has 3 aromatic heterocycles. The van der Waals surface area contributed by atoms with Crippen molar-refractivity contribution in [1.82, 2.24) is 29.9 Å². The molecule has 8 nitrogen and oxygen atoms in total. The number of aryl methyl sites for hydroxylation is 1. The van der Waals surface area contributed by atoms with E-state index in [1.165, 1.54) is 6.08 Å². The standard InChI is InChI=1S/C27H24ClN7O/c1-3-22(36)34-14-27(15-34)10-18(11-27)35-21(6-7-29)24(26(33-35)17-5-4-8-30-12-17)23-19-13-31-32-20(19)9-16(2)25(23)28/h3-5,8-9,12-13,18H,1,6,10-11,14-15H2,2H3,(H,31,32). The number of fused-ring (bicyclic) bond motifs is 1. The van der Waals surface area contributed by atoms with E-state index in [0.717, 1.165) is 70.5 Å². The lowest BCUT2D eigenvalue weighted by Gasteiger charge is -2.58. The number of halogens is 1. The molecule has 1 saturated carbocycles. The molecular weight excluding hydrogens is 474 g/mol. The molecule has 4 heterocycles. The van der Waals surface area contributed by atoms with Crippen LogP contribution in [0, 0.1) is 23.7 Å². The minimum Gasteiger partial charge on any atom is -0.338 e. The van der Waals surface area contributed by atoms with E-state index < -0.39 is 0 Å². The SMILES string of the molecule is C=CC(=O)N1CC2(CC(n3nc(-c4cccnc4)c(-c4c(Cl)c(C)cc5[nH]ncc45)c3CC#N)C2)C1. The molecule has 1 aliphatic carbocycles. The van der Waals surface area contributed by atoms with Gasteiger partial charge in [0.1, 0.15) is 5.69 Å². The summed E-state index contributed by atoms with van der Waals surface area (Å²) in [5.41, 5.74) is 6.04. The number of rotatable bonds is 5. The van der Waals surface area contributed by atoms with Crippen LogP contribution in [0.25, 0.3) is 33.3 Å². The lowest BCUT2D eigenvalue weighted by molar-refractivity contribution is -0.149.